The van der Waals surface area contributed by atoms with E-state index in [2.05, 4.69) is 57.2 Å². The molecule has 5 aromatic rings. The number of hydrogen-bond acceptors (Lipinski definition) is 8. The van der Waals surface area contributed by atoms with Gasteiger partial charge in [-0.15, -0.1) is 22.7 Å². The number of carbonyl (C=O) groups is 1. The highest BCUT2D eigenvalue weighted by Crippen LogP contribution is 2.40. The molecule has 184 valence electrons. The van der Waals surface area contributed by atoms with Crippen LogP contribution in [0, 0.1) is 0 Å². The van der Waals surface area contributed by atoms with Crippen LogP contribution in [-0.2, 0) is 15.2 Å². The highest BCUT2D eigenvalue weighted by atomic mass is 32.1. The topological polar surface area (TPSA) is 88.5 Å². The summed E-state index contributed by atoms with van der Waals surface area (Å²) < 4.78 is 0. The number of thiazole rings is 2. The van der Waals surface area contributed by atoms with E-state index in [1.807, 2.05) is 54.6 Å². The Bertz CT molecular complexity index is 1370. The summed E-state index contributed by atoms with van der Waals surface area (Å²) in [6.45, 7) is 0. The van der Waals surface area contributed by atoms with Gasteiger partial charge in [-0.1, -0.05) is 96.2 Å². The predicted molar refractivity (Wildman–Crippen MR) is 149 cm³/mol. The Balaban J connectivity index is 1.58. The molecule has 1 amide bonds. The van der Waals surface area contributed by atoms with E-state index in [0.717, 1.165) is 16.7 Å². The van der Waals surface area contributed by atoms with E-state index in [4.69, 9.17) is 9.82 Å². The molecule has 9 heteroatoms. The molecule has 2 heterocycles. The lowest BCUT2D eigenvalue weighted by Crippen LogP contribution is -2.38. The van der Waals surface area contributed by atoms with Crippen molar-refractivity contribution in [3.05, 3.63) is 130 Å². The molecule has 0 aliphatic rings. The first-order valence-electron chi connectivity index (χ1n) is 11.4. The molecule has 0 fully saturated rings. The second-order valence-electron chi connectivity index (χ2n) is 7.95. The quantitative estimate of drug-likeness (QED) is 0.140. The van der Waals surface area contributed by atoms with Gasteiger partial charge in [0.25, 0.3) is 5.91 Å². The van der Waals surface area contributed by atoms with Crippen molar-refractivity contribution in [3.63, 3.8) is 0 Å². The number of benzene rings is 3. The van der Waals surface area contributed by atoms with Crippen LogP contribution in [0.15, 0.2) is 113 Å². The highest BCUT2D eigenvalue weighted by Gasteiger charge is 2.37. The van der Waals surface area contributed by atoms with Crippen molar-refractivity contribution >= 4 is 44.4 Å². The van der Waals surface area contributed by atoms with Gasteiger partial charge in [0.2, 0.25) is 0 Å². The lowest BCUT2D eigenvalue weighted by Gasteiger charge is -2.36. The fraction of sp³-hybridized carbons (Fsp3) is 0.0714. The minimum absolute atomic E-state index is 0.0740. The monoisotopic (exact) mass is 525 g/mol. The lowest BCUT2D eigenvalue weighted by molar-refractivity contribution is -0.110. The van der Waals surface area contributed by atoms with Gasteiger partial charge < -0.3 is 15.5 Å². The second-order valence-corrected chi connectivity index (χ2v) is 9.70. The zero-order chi connectivity index (χ0) is 25.5. The predicted octanol–water partition coefficient (Wildman–Crippen LogP) is 5.99. The van der Waals surface area contributed by atoms with Crippen molar-refractivity contribution < 1.29 is 9.63 Å². The second kappa shape index (κ2) is 11.2. The number of nitrogens with one attached hydrogen (secondary N) is 2. The van der Waals surface area contributed by atoms with Crippen LogP contribution in [0.5, 0.6) is 0 Å². The summed E-state index contributed by atoms with van der Waals surface area (Å²) >= 11 is 2.71. The standard InChI is InChI=1S/C28H23N5O2S2/c1-35-33-25(26(34)31-24-17-29-19-37-24)23-18-36-27(30-23)32-28(20-11-5-2-6-12-20,21-13-7-3-8-14-21)22-15-9-4-10-16-22/h2-19H,1H3,(H,30,32)(H,31,34)/b33-25-. The third-order valence-electron chi connectivity index (χ3n) is 5.73. The molecule has 0 atom stereocenters. The van der Waals surface area contributed by atoms with Crippen molar-refractivity contribution in [1.82, 2.24) is 9.97 Å². The first-order valence-corrected chi connectivity index (χ1v) is 13.2. The Morgan fingerprint density at radius 3 is 1.92 bits per heavy atom. The Hall–Kier alpha value is -4.34. The smallest absolute Gasteiger partial charge is 0.280 e. The minimum atomic E-state index is -0.734. The Morgan fingerprint density at radius 1 is 0.865 bits per heavy atom. The van der Waals surface area contributed by atoms with Crippen LogP contribution in [0.4, 0.5) is 10.1 Å². The molecule has 0 aliphatic heterocycles. The van der Waals surface area contributed by atoms with Crippen LogP contribution in [0.25, 0.3) is 0 Å². The molecule has 0 saturated carbocycles. The zero-order valence-corrected chi connectivity index (χ0v) is 21.5. The van der Waals surface area contributed by atoms with Crippen molar-refractivity contribution in [2.75, 3.05) is 17.7 Å². The number of nitrogens with zero attached hydrogens (tertiary/aromatic N) is 3. The molecule has 0 radical (unpaired) electrons. The number of aromatic nitrogens is 2. The fourth-order valence-electron chi connectivity index (χ4n) is 4.13. The summed E-state index contributed by atoms with van der Waals surface area (Å²) in [5.74, 6) is -0.427. The first-order chi connectivity index (χ1) is 18.2. The molecule has 5 rings (SSSR count). The lowest BCUT2D eigenvalue weighted by atomic mass is 9.77. The molecule has 37 heavy (non-hydrogen) atoms. The van der Waals surface area contributed by atoms with E-state index in [1.165, 1.54) is 29.8 Å². The third-order valence-corrected chi connectivity index (χ3v) is 7.17. The van der Waals surface area contributed by atoms with Gasteiger partial charge >= 0.3 is 0 Å². The molecule has 0 spiro atoms. The molecule has 3 aromatic carbocycles. The van der Waals surface area contributed by atoms with Crippen molar-refractivity contribution in [2.45, 2.75) is 5.54 Å². The Kier molecular flexibility index (Phi) is 7.34. The Labute approximate surface area is 222 Å². The minimum Gasteiger partial charge on any atom is -0.398 e. The number of amides is 1. The van der Waals surface area contributed by atoms with Crippen LogP contribution in [0.3, 0.4) is 0 Å². The Morgan fingerprint density at radius 2 is 1.43 bits per heavy atom. The molecule has 7 nitrogen and oxygen atoms in total. The third kappa shape index (κ3) is 5.13. The fourth-order valence-corrected chi connectivity index (χ4v) is 5.38. The van der Waals surface area contributed by atoms with Gasteiger partial charge in [0, 0.05) is 5.38 Å². The molecular formula is C28H23N5O2S2. The maximum atomic E-state index is 13.0. The van der Waals surface area contributed by atoms with E-state index in [-0.39, 0.29) is 5.71 Å². The maximum absolute atomic E-state index is 13.0. The molecule has 2 aromatic heterocycles. The average molecular weight is 526 g/mol. The van der Waals surface area contributed by atoms with Crippen molar-refractivity contribution in [2.24, 2.45) is 5.16 Å². The van der Waals surface area contributed by atoms with Crippen LogP contribution < -0.4 is 10.6 Å². The summed E-state index contributed by atoms with van der Waals surface area (Å²) in [5, 5.41) is 13.5. The van der Waals surface area contributed by atoms with Crippen LogP contribution in [0.1, 0.15) is 22.4 Å². The van der Waals surface area contributed by atoms with Gasteiger partial charge in [0.05, 0.1) is 11.7 Å². The molecule has 0 aliphatic carbocycles. The van der Waals surface area contributed by atoms with Gasteiger partial charge in [0.15, 0.2) is 10.8 Å². The van der Waals surface area contributed by atoms with Crippen LogP contribution in [-0.4, -0.2) is 28.7 Å². The summed E-state index contributed by atoms with van der Waals surface area (Å²) in [7, 11) is 1.40. The number of rotatable bonds is 9. The van der Waals surface area contributed by atoms with E-state index in [9.17, 15) is 4.79 Å². The van der Waals surface area contributed by atoms with E-state index in [0.29, 0.717) is 15.8 Å². The van der Waals surface area contributed by atoms with Gasteiger partial charge in [-0.05, 0) is 16.7 Å². The summed E-state index contributed by atoms with van der Waals surface area (Å²) in [4.78, 5) is 26.7. The molecule has 0 saturated heterocycles. The van der Waals surface area contributed by atoms with Gasteiger partial charge in [-0.3, -0.25) is 9.78 Å². The molecule has 2 N–H and O–H groups in total. The van der Waals surface area contributed by atoms with Crippen LogP contribution in [0.2, 0.25) is 0 Å². The SMILES string of the molecule is CO/N=C(\C(=O)Nc1cncs1)c1csc(NC(c2ccccc2)(c2ccccc2)c2ccccc2)n1. The van der Waals surface area contributed by atoms with Crippen molar-refractivity contribution in [1.29, 1.82) is 0 Å². The maximum Gasteiger partial charge on any atom is 0.280 e. The zero-order valence-electron chi connectivity index (χ0n) is 19.9. The summed E-state index contributed by atoms with van der Waals surface area (Å²) in [5.41, 5.74) is 4.55. The molecular weight excluding hydrogens is 502 g/mol. The van der Waals surface area contributed by atoms with E-state index in [1.54, 1.807) is 17.1 Å². The molecule has 0 bridgehead atoms. The highest BCUT2D eigenvalue weighted by molar-refractivity contribution is 7.14. The largest absolute Gasteiger partial charge is 0.398 e. The summed E-state index contributed by atoms with van der Waals surface area (Å²) in [6, 6.07) is 30.8. The average Bonchev–Trinajstić information content (AvgIpc) is 3.64. The van der Waals surface area contributed by atoms with E-state index < -0.39 is 11.4 Å². The van der Waals surface area contributed by atoms with E-state index >= 15 is 0 Å². The first kappa shape index (κ1) is 24.4. The number of anilines is 2. The number of hydrogen-bond donors (Lipinski definition) is 2. The summed E-state index contributed by atoms with van der Waals surface area (Å²) in [6.07, 6.45) is 1.58. The van der Waals surface area contributed by atoms with Gasteiger partial charge in [-0.25, -0.2) is 4.98 Å². The normalized spacial score (nSPS) is 11.6. The van der Waals surface area contributed by atoms with Gasteiger partial charge in [0.1, 0.15) is 23.3 Å². The molecule has 0 unspecified atom stereocenters. The van der Waals surface area contributed by atoms with Gasteiger partial charge in [-0.2, -0.15) is 0 Å². The number of carbonyl (C=O) groups excluding carboxylic acids is 1. The number of oxime groups is 1. The van der Waals surface area contributed by atoms with Crippen LogP contribution >= 0.6 is 22.7 Å². The van der Waals surface area contributed by atoms with Crippen molar-refractivity contribution in [3.8, 4) is 0 Å².